The van der Waals surface area contributed by atoms with Gasteiger partial charge in [-0.15, -0.1) is 11.8 Å². The zero-order valence-corrected chi connectivity index (χ0v) is 12.4. The van der Waals surface area contributed by atoms with E-state index in [1.807, 2.05) is 24.3 Å². The second-order valence-electron chi connectivity index (χ2n) is 4.58. The standard InChI is InChI=1S/C16H18FNOS/c1-11(16(18)12-3-5-13(17)6-4-12)20-15-9-7-14(19-2)8-10-15/h3-11,16H,18H2,1-2H3. The Labute approximate surface area is 123 Å². The maximum Gasteiger partial charge on any atom is 0.123 e. The molecule has 0 aliphatic carbocycles. The van der Waals surface area contributed by atoms with Crippen LogP contribution in [-0.4, -0.2) is 12.4 Å². The minimum absolute atomic E-state index is 0.136. The van der Waals surface area contributed by atoms with Gasteiger partial charge in [-0.05, 0) is 42.0 Å². The van der Waals surface area contributed by atoms with E-state index < -0.39 is 0 Å². The van der Waals surface area contributed by atoms with E-state index in [9.17, 15) is 4.39 Å². The topological polar surface area (TPSA) is 35.2 Å². The lowest BCUT2D eigenvalue weighted by atomic mass is 10.1. The lowest BCUT2D eigenvalue weighted by Gasteiger charge is -2.20. The molecule has 4 heteroatoms. The molecular formula is C16H18FNOS. The first-order valence-electron chi connectivity index (χ1n) is 6.42. The lowest BCUT2D eigenvalue weighted by Crippen LogP contribution is -2.20. The summed E-state index contributed by atoms with van der Waals surface area (Å²) in [4.78, 5) is 1.14. The van der Waals surface area contributed by atoms with E-state index in [1.165, 1.54) is 12.1 Å². The van der Waals surface area contributed by atoms with E-state index in [1.54, 1.807) is 31.0 Å². The molecule has 0 radical (unpaired) electrons. The van der Waals surface area contributed by atoms with Crippen LogP contribution in [0.2, 0.25) is 0 Å². The number of hydrogen-bond acceptors (Lipinski definition) is 3. The molecule has 2 aromatic carbocycles. The zero-order valence-electron chi connectivity index (χ0n) is 11.5. The van der Waals surface area contributed by atoms with E-state index in [4.69, 9.17) is 10.5 Å². The summed E-state index contributed by atoms with van der Waals surface area (Å²) in [5.41, 5.74) is 7.17. The molecule has 2 rings (SSSR count). The average molecular weight is 291 g/mol. The molecule has 0 bridgehead atoms. The third-order valence-corrected chi connectivity index (χ3v) is 4.35. The van der Waals surface area contributed by atoms with Crippen LogP contribution in [0, 0.1) is 5.82 Å². The van der Waals surface area contributed by atoms with Gasteiger partial charge in [0, 0.05) is 16.2 Å². The summed E-state index contributed by atoms with van der Waals surface area (Å²) in [6, 6.07) is 14.1. The first kappa shape index (κ1) is 14.9. The summed E-state index contributed by atoms with van der Waals surface area (Å²) in [6.07, 6.45) is 0. The highest BCUT2D eigenvalue weighted by Gasteiger charge is 2.16. The number of hydrogen-bond donors (Lipinski definition) is 1. The van der Waals surface area contributed by atoms with E-state index in [0.29, 0.717) is 0 Å². The summed E-state index contributed by atoms with van der Waals surface area (Å²) < 4.78 is 18.0. The minimum Gasteiger partial charge on any atom is -0.497 e. The zero-order chi connectivity index (χ0) is 14.5. The third kappa shape index (κ3) is 3.74. The Bertz CT molecular complexity index is 541. The monoisotopic (exact) mass is 291 g/mol. The summed E-state index contributed by atoms with van der Waals surface area (Å²) in [5.74, 6) is 0.598. The fourth-order valence-electron chi connectivity index (χ4n) is 1.90. The minimum atomic E-state index is -0.239. The molecule has 20 heavy (non-hydrogen) atoms. The van der Waals surface area contributed by atoms with Gasteiger partial charge in [0.2, 0.25) is 0 Å². The maximum atomic E-state index is 12.9. The highest BCUT2D eigenvalue weighted by molar-refractivity contribution is 8.00. The van der Waals surface area contributed by atoms with Crippen LogP contribution >= 0.6 is 11.8 Å². The molecule has 0 saturated heterocycles. The van der Waals surface area contributed by atoms with Crippen LogP contribution in [-0.2, 0) is 0 Å². The normalized spacial score (nSPS) is 13.8. The lowest BCUT2D eigenvalue weighted by molar-refractivity contribution is 0.414. The predicted octanol–water partition coefficient (Wildman–Crippen LogP) is 4.01. The molecule has 2 aromatic rings. The molecule has 0 saturated carbocycles. The third-order valence-electron chi connectivity index (χ3n) is 3.14. The van der Waals surface area contributed by atoms with Gasteiger partial charge in [-0.25, -0.2) is 4.39 Å². The molecule has 2 N–H and O–H groups in total. The maximum absolute atomic E-state index is 12.9. The van der Waals surface area contributed by atoms with Crippen molar-refractivity contribution in [2.24, 2.45) is 5.73 Å². The Hall–Kier alpha value is -1.52. The van der Waals surface area contributed by atoms with Gasteiger partial charge < -0.3 is 10.5 Å². The molecule has 2 atom stereocenters. The van der Waals surface area contributed by atoms with Gasteiger partial charge in [-0.2, -0.15) is 0 Å². The SMILES string of the molecule is COc1ccc(SC(C)C(N)c2ccc(F)cc2)cc1. The Morgan fingerprint density at radius 3 is 2.20 bits per heavy atom. The molecular weight excluding hydrogens is 273 g/mol. The van der Waals surface area contributed by atoms with Crippen LogP contribution in [0.5, 0.6) is 5.75 Å². The smallest absolute Gasteiger partial charge is 0.123 e. The van der Waals surface area contributed by atoms with Crippen molar-refractivity contribution >= 4 is 11.8 Å². The summed E-state index contributed by atoms with van der Waals surface area (Å²) in [5, 5.41) is 0.189. The molecule has 2 nitrogen and oxygen atoms in total. The number of rotatable bonds is 5. The number of ether oxygens (including phenoxy) is 1. The number of methoxy groups -OCH3 is 1. The molecule has 0 aliphatic heterocycles. The highest BCUT2D eigenvalue weighted by atomic mass is 32.2. The van der Waals surface area contributed by atoms with Crippen LogP contribution in [0.1, 0.15) is 18.5 Å². The predicted molar refractivity (Wildman–Crippen MR) is 81.6 cm³/mol. The Kier molecular flexibility index (Phi) is 5.04. The Morgan fingerprint density at radius 2 is 1.65 bits per heavy atom. The second-order valence-corrected chi connectivity index (χ2v) is 6.03. The number of benzene rings is 2. The van der Waals surface area contributed by atoms with Crippen LogP contribution in [0.3, 0.4) is 0 Å². The number of halogens is 1. The molecule has 106 valence electrons. The number of thioether (sulfide) groups is 1. The molecule has 0 amide bonds. The fraction of sp³-hybridized carbons (Fsp3) is 0.250. The van der Waals surface area contributed by atoms with E-state index >= 15 is 0 Å². The van der Waals surface area contributed by atoms with E-state index in [0.717, 1.165) is 16.2 Å². The molecule has 2 unspecified atom stereocenters. The quantitative estimate of drug-likeness (QED) is 0.845. The Morgan fingerprint density at radius 1 is 1.05 bits per heavy atom. The van der Waals surface area contributed by atoms with Crippen LogP contribution < -0.4 is 10.5 Å². The van der Waals surface area contributed by atoms with Crippen molar-refractivity contribution in [3.63, 3.8) is 0 Å². The van der Waals surface area contributed by atoms with Crippen molar-refractivity contribution < 1.29 is 9.13 Å². The van der Waals surface area contributed by atoms with Crippen LogP contribution in [0.15, 0.2) is 53.4 Å². The summed E-state index contributed by atoms with van der Waals surface area (Å²) >= 11 is 1.70. The summed E-state index contributed by atoms with van der Waals surface area (Å²) in [6.45, 7) is 2.07. The first-order chi connectivity index (χ1) is 9.60. The van der Waals surface area contributed by atoms with Crippen molar-refractivity contribution in [3.05, 3.63) is 59.9 Å². The highest BCUT2D eigenvalue weighted by Crippen LogP contribution is 2.31. The summed E-state index contributed by atoms with van der Waals surface area (Å²) in [7, 11) is 1.65. The average Bonchev–Trinajstić information content (AvgIpc) is 2.48. The van der Waals surface area contributed by atoms with Gasteiger partial charge in [0.25, 0.3) is 0 Å². The van der Waals surface area contributed by atoms with Gasteiger partial charge in [-0.1, -0.05) is 19.1 Å². The molecule has 0 spiro atoms. The van der Waals surface area contributed by atoms with Gasteiger partial charge in [-0.3, -0.25) is 0 Å². The molecule has 0 heterocycles. The van der Waals surface area contributed by atoms with Gasteiger partial charge >= 0.3 is 0 Å². The molecule has 0 aliphatic rings. The van der Waals surface area contributed by atoms with Gasteiger partial charge in [0.05, 0.1) is 7.11 Å². The van der Waals surface area contributed by atoms with Crippen molar-refractivity contribution in [3.8, 4) is 5.75 Å². The molecule has 0 fully saturated rings. The second kappa shape index (κ2) is 6.77. The fourth-order valence-corrected chi connectivity index (χ4v) is 2.92. The number of nitrogens with two attached hydrogens (primary N) is 1. The van der Waals surface area contributed by atoms with Crippen molar-refractivity contribution in [2.45, 2.75) is 23.1 Å². The van der Waals surface area contributed by atoms with Crippen molar-refractivity contribution in [1.29, 1.82) is 0 Å². The van der Waals surface area contributed by atoms with Crippen molar-refractivity contribution in [1.82, 2.24) is 0 Å². The molecule has 0 aromatic heterocycles. The van der Waals surface area contributed by atoms with Crippen LogP contribution in [0.25, 0.3) is 0 Å². The van der Waals surface area contributed by atoms with Gasteiger partial charge in [0.1, 0.15) is 11.6 Å². The van der Waals surface area contributed by atoms with Gasteiger partial charge in [0.15, 0.2) is 0 Å². The first-order valence-corrected chi connectivity index (χ1v) is 7.30. The largest absolute Gasteiger partial charge is 0.497 e. The van der Waals surface area contributed by atoms with Crippen molar-refractivity contribution in [2.75, 3.05) is 7.11 Å². The van der Waals surface area contributed by atoms with E-state index in [-0.39, 0.29) is 17.1 Å². The van der Waals surface area contributed by atoms with Crippen LogP contribution in [0.4, 0.5) is 4.39 Å². The Balaban J connectivity index is 2.02. The van der Waals surface area contributed by atoms with E-state index in [2.05, 4.69) is 6.92 Å².